The first kappa shape index (κ1) is 20.8. The van der Waals surface area contributed by atoms with Crippen molar-refractivity contribution < 1.29 is 18.0 Å². The van der Waals surface area contributed by atoms with Gasteiger partial charge in [-0.25, -0.2) is 15.0 Å². The zero-order chi connectivity index (χ0) is 21.8. The van der Waals surface area contributed by atoms with Crippen LogP contribution >= 0.6 is 0 Å². The third-order valence-electron chi connectivity index (χ3n) is 5.11. The highest BCUT2D eigenvalue weighted by atomic mass is 19.4. The largest absolute Gasteiger partial charge is 0.417 e. The van der Waals surface area contributed by atoms with Gasteiger partial charge in [-0.1, -0.05) is 30.3 Å². The molecule has 1 saturated heterocycles. The highest BCUT2D eigenvalue weighted by Gasteiger charge is 2.31. The topological polar surface area (TPSA) is 62.2 Å². The molecule has 1 aromatic carbocycles. The lowest BCUT2D eigenvalue weighted by molar-refractivity contribution is -0.137. The average molecular weight is 427 g/mol. The number of amides is 1. The Balaban J connectivity index is 1.41. The molecule has 0 N–H and O–H groups in total. The van der Waals surface area contributed by atoms with Crippen LogP contribution in [-0.4, -0.2) is 51.9 Å². The quantitative estimate of drug-likeness (QED) is 0.634. The Morgan fingerprint density at radius 2 is 1.58 bits per heavy atom. The zero-order valence-electron chi connectivity index (χ0n) is 16.6. The van der Waals surface area contributed by atoms with Crippen molar-refractivity contribution in [2.45, 2.75) is 12.6 Å². The number of hydrogen-bond donors (Lipinski definition) is 0. The molecule has 2 aromatic heterocycles. The second-order valence-electron chi connectivity index (χ2n) is 7.20. The SMILES string of the molecule is O=C(c1cnc(-c2ccccc2)nc1)N1CCCN(c2ccc(C(F)(F)F)cn2)CC1. The molecule has 1 amide bonds. The summed E-state index contributed by atoms with van der Waals surface area (Å²) in [7, 11) is 0. The summed E-state index contributed by atoms with van der Waals surface area (Å²) in [4.78, 5) is 29.1. The highest BCUT2D eigenvalue weighted by Crippen LogP contribution is 2.29. The molecule has 4 rings (SSSR count). The van der Waals surface area contributed by atoms with Crippen molar-refractivity contribution in [3.8, 4) is 11.4 Å². The molecule has 1 fully saturated rings. The average Bonchev–Trinajstić information content (AvgIpc) is 3.05. The van der Waals surface area contributed by atoms with Crippen LogP contribution < -0.4 is 4.90 Å². The van der Waals surface area contributed by atoms with Gasteiger partial charge in [-0.2, -0.15) is 13.2 Å². The molecule has 6 nitrogen and oxygen atoms in total. The molecular formula is C22H20F3N5O. The summed E-state index contributed by atoms with van der Waals surface area (Å²) in [5.74, 6) is 0.854. The van der Waals surface area contributed by atoms with Gasteiger partial charge in [0.25, 0.3) is 5.91 Å². The predicted octanol–water partition coefficient (Wildman–Crippen LogP) is 3.91. The van der Waals surface area contributed by atoms with E-state index in [0.717, 1.165) is 17.8 Å². The predicted molar refractivity (Wildman–Crippen MR) is 109 cm³/mol. The molecule has 3 aromatic rings. The molecule has 0 unspecified atom stereocenters. The van der Waals surface area contributed by atoms with E-state index in [-0.39, 0.29) is 5.91 Å². The monoisotopic (exact) mass is 427 g/mol. The van der Waals surface area contributed by atoms with Crippen molar-refractivity contribution in [3.63, 3.8) is 0 Å². The van der Waals surface area contributed by atoms with Crippen LogP contribution in [0, 0.1) is 0 Å². The number of carbonyl (C=O) groups excluding carboxylic acids is 1. The van der Waals surface area contributed by atoms with Crippen LogP contribution in [0.1, 0.15) is 22.3 Å². The molecule has 0 radical (unpaired) electrons. The Hall–Kier alpha value is -3.49. The molecule has 3 heterocycles. The minimum atomic E-state index is -4.41. The lowest BCUT2D eigenvalue weighted by atomic mass is 10.2. The van der Waals surface area contributed by atoms with Gasteiger partial charge in [0.05, 0.1) is 11.1 Å². The van der Waals surface area contributed by atoms with E-state index in [9.17, 15) is 18.0 Å². The number of alkyl halides is 3. The maximum absolute atomic E-state index is 12.9. The van der Waals surface area contributed by atoms with Crippen molar-refractivity contribution in [2.75, 3.05) is 31.1 Å². The van der Waals surface area contributed by atoms with Gasteiger partial charge in [0, 0.05) is 50.3 Å². The summed E-state index contributed by atoms with van der Waals surface area (Å²) in [5.41, 5.74) is 0.499. The van der Waals surface area contributed by atoms with Gasteiger partial charge in [-0.3, -0.25) is 4.79 Å². The summed E-state index contributed by atoms with van der Waals surface area (Å²) in [5, 5.41) is 0. The molecule has 0 aliphatic carbocycles. The number of rotatable bonds is 3. The van der Waals surface area contributed by atoms with E-state index >= 15 is 0 Å². The Morgan fingerprint density at radius 3 is 2.23 bits per heavy atom. The Kier molecular flexibility index (Phi) is 5.83. The number of carbonyl (C=O) groups is 1. The molecule has 1 aliphatic heterocycles. The van der Waals surface area contributed by atoms with Crippen LogP contribution in [0.5, 0.6) is 0 Å². The van der Waals surface area contributed by atoms with Gasteiger partial charge in [0.2, 0.25) is 0 Å². The molecule has 0 atom stereocenters. The summed E-state index contributed by atoms with van der Waals surface area (Å²) < 4.78 is 38.2. The first-order chi connectivity index (χ1) is 14.9. The number of anilines is 1. The number of pyridine rings is 1. The molecule has 0 bridgehead atoms. The Bertz CT molecular complexity index is 1020. The van der Waals surface area contributed by atoms with Crippen LogP contribution in [0.15, 0.2) is 61.1 Å². The van der Waals surface area contributed by atoms with Crippen molar-refractivity contribution >= 4 is 11.7 Å². The van der Waals surface area contributed by atoms with Crippen LogP contribution in [0.25, 0.3) is 11.4 Å². The third kappa shape index (κ3) is 4.82. The van der Waals surface area contributed by atoms with E-state index in [1.165, 1.54) is 18.5 Å². The summed E-state index contributed by atoms with van der Waals surface area (Å²) in [6.07, 6.45) is 0.160. The molecule has 31 heavy (non-hydrogen) atoms. The molecule has 9 heteroatoms. The fourth-order valence-electron chi connectivity index (χ4n) is 3.45. The zero-order valence-corrected chi connectivity index (χ0v) is 16.6. The number of halogens is 3. The van der Waals surface area contributed by atoms with Crippen molar-refractivity contribution in [1.29, 1.82) is 0 Å². The molecule has 0 saturated carbocycles. The smallest absolute Gasteiger partial charge is 0.355 e. The summed E-state index contributed by atoms with van der Waals surface area (Å²) in [6.45, 7) is 2.05. The van der Waals surface area contributed by atoms with Gasteiger partial charge in [0.15, 0.2) is 5.82 Å². The van der Waals surface area contributed by atoms with Crippen molar-refractivity contribution in [2.24, 2.45) is 0 Å². The maximum Gasteiger partial charge on any atom is 0.417 e. The van der Waals surface area contributed by atoms with E-state index in [0.29, 0.717) is 49.8 Å². The second kappa shape index (κ2) is 8.71. The Morgan fingerprint density at radius 1 is 0.839 bits per heavy atom. The van der Waals surface area contributed by atoms with Gasteiger partial charge < -0.3 is 9.80 Å². The van der Waals surface area contributed by atoms with Gasteiger partial charge in [0.1, 0.15) is 5.82 Å². The number of aromatic nitrogens is 3. The lowest BCUT2D eigenvalue weighted by Crippen LogP contribution is -2.35. The van der Waals surface area contributed by atoms with Crippen LogP contribution in [0.4, 0.5) is 19.0 Å². The van der Waals surface area contributed by atoms with Crippen LogP contribution in [0.3, 0.4) is 0 Å². The minimum absolute atomic E-state index is 0.165. The third-order valence-corrected chi connectivity index (χ3v) is 5.11. The number of benzene rings is 1. The van der Waals surface area contributed by atoms with Gasteiger partial charge in [-0.05, 0) is 18.6 Å². The molecule has 160 valence electrons. The van der Waals surface area contributed by atoms with E-state index < -0.39 is 11.7 Å². The van der Waals surface area contributed by atoms with E-state index in [4.69, 9.17) is 0 Å². The minimum Gasteiger partial charge on any atom is -0.355 e. The fraction of sp³-hybridized carbons (Fsp3) is 0.273. The molecular weight excluding hydrogens is 407 g/mol. The highest BCUT2D eigenvalue weighted by molar-refractivity contribution is 5.93. The Labute approximate surface area is 177 Å². The van der Waals surface area contributed by atoms with Gasteiger partial charge in [-0.15, -0.1) is 0 Å². The second-order valence-corrected chi connectivity index (χ2v) is 7.20. The van der Waals surface area contributed by atoms with E-state index in [1.54, 1.807) is 4.90 Å². The van der Waals surface area contributed by atoms with E-state index in [1.807, 2.05) is 35.2 Å². The molecule has 0 spiro atoms. The number of nitrogens with zero attached hydrogens (tertiary/aromatic N) is 5. The lowest BCUT2D eigenvalue weighted by Gasteiger charge is -2.23. The van der Waals surface area contributed by atoms with E-state index in [2.05, 4.69) is 15.0 Å². The van der Waals surface area contributed by atoms with Crippen LogP contribution in [0.2, 0.25) is 0 Å². The van der Waals surface area contributed by atoms with Crippen molar-refractivity contribution in [1.82, 2.24) is 19.9 Å². The first-order valence-corrected chi connectivity index (χ1v) is 9.87. The van der Waals surface area contributed by atoms with Gasteiger partial charge >= 0.3 is 6.18 Å². The number of hydrogen-bond acceptors (Lipinski definition) is 5. The van der Waals surface area contributed by atoms with Crippen LogP contribution in [-0.2, 0) is 6.18 Å². The standard InChI is InChI=1S/C22H20F3N5O/c23-22(24,25)18-7-8-19(26-15-18)29-9-4-10-30(12-11-29)21(31)17-13-27-20(28-14-17)16-5-2-1-3-6-16/h1-3,5-8,13-15H,4,9-12H2. The summed E-state index contributed by atoms with van der Waals surface area (Å²) in [6, 6.07) is 11.9. The summed E-state index contributed by atoms with van der Waals surface area (Å²) >= 11 is 0. The van der Waals surface area contributed by atoms with Crippen molar-refractivity contribution in [3.05, 3.63) is 72.2 Å². The normalized spacial score (nSPS) is 14.9. The maximum atomic E-state index is 12.9. The fourth-order valence-corrected chi connectivity index (χ4v) is 3.45. The first-order valence-electron chi connectivity index (χ1n) is 9.87. The molecule has 1 aliphatic rings.